The highest BCUT2D eigenvalue weighted by atomic mass is 31.2. The quantitative estimate of drug-likeness (QED) is 0.0244. The van der Waals surface area contributed by atoms with E-state index >= 15 is 0 Å². The second-order valence-electron chi connectivity index (χ2n) is 17.4. The summed E-state index contributed by atoms with van der Waals surface area (Å²) in [6, 6.07) is -0.865. The summed E-state index contributed by atoms with van der Waals surface area (Å²) in [6.45, 7) is 4.55. The fourth-order valence-electron chi connectivity index (χ4n) is 6.42. The first-order valence-electron chi connectivity index (χ1n) is 24.6. The van der Waals surface area contributed by atoms with Gasteiger partial charge in [0.2, 0.25) is 5.91 Å². The SMILES string of the molecule is CC/C=C\C/C=C\C/C=C\C/C=C\C/C=C\C/C=C\CCCCCCCCCCCCCCCCC(=O)NC(COP(=O)(O)OCC[N+](C)(C)C)C(O)/C=C/CC/C=C/CCC. The second-order valence-corrected chi connectivity index (χ2v) is 18.9. The van der Waals surface area contributed by atoms with Gasteiger partial charge >= 0.3 is 7.82 Å². The lowest BCUT2D eigenvalue weighted by Crippen LogP contribution is -2.45. The Morgan fingerprint density at radius 3 is 1.47 bits per heavy atom. The highest BCUT2D eigenvalue weighted by Gasteiger charge is 2.27. The number of aliphatic hydroxyl groups is 1. The predicted octanol–water partition coefficient (Wildman–Crippen LogP) is 14.3. The van der Waals surface area contributed by atoms with E-state index < -0.39 is 20.0 Å². The summed E-state index contributed by atoms with van der Waals surface area (Å²) >= 11 is 0. The molecule has 0 aliphatic carbocycles. The third-order valence-corrected chi connectivity index (χ3v) is 11.3. The summed E-state index contributed by atoms with van der Waals surface area (Å²) in [6.07, 6.45) is 62.5. The molecule has 0 aromatic carbocycles. The van der Waals surface area contributed by atoms with Crippen LogP contribution in [0.4, 0.5) is 0 Å². The molecule has 0 spiro atoms. The first-order chi connectivity index (χ1) is 30.0. The molecular formula is C53H94N2O6P+. The molecule has 0 bridgehead atoms. The minimum atomic E-state index is -4.34. The third kappa shape index (κ3) is 45.4. The maximum atomic E-state index is 12.8. The van der Waals surface area contributed by atoms with Gasteiger partial charge in [0, 0.05) is 6.42 Å². The van der Waals surface area contributed by atoms with E-state index in [-0.39, 0.29) is 19.1 Å². The van der Waals surface area contributed by atoms with Crippen molar-refractivity contribution in [3.8, 4) is 0 Å². The van der Waals surface area contributed by atoms with E-state index in [1.165, 1.54) is 77.0 Å². The van der Waals surface area contributed by atoms with Gasteiger partial charge in [-0.2, -0.15) is 0 Å². The molecule has 62 heavy (non-hydrogen) atoms. The number of nitrogens with zero attached hydrogens (tertiary/aromatic N) is 1. The Morgan fingerprint density at radius 2 is 0.984 bits per heavy atom. The molecule has 3 atom stereocenters. The topological polar surface area (TPSA) is 105 Å². The fraction of sp³-hybridized carbons (Fsp3) is 0.679. The van der Waals surface area contributed by atoms with Gasteiger partial charge in [-0.1, -0.05) is 195 Å². The van der Waals surface area contributed by atoms with Crippen molar-refractivity contribution >= 4 is 13.7 Å². The monoisotopic (exact) mass is 886 g/mol. The largest absolute Gasteiger partial charge is 0.472 e. The first-order valence-corrected chi connectivity index (χ1v) is 26.1. The molecule has 8 nitrogen and oxygen atoms in total. The summed E-state index contributed by atoms with van der Waals surface area (Å²) in [5.41, 5.74) is 0. The predicted molar refractivity (Wildman–Crippen MR) is 267 cm³/mol. The van der Waals surface area contributed by atoms with Crippen LogP contribution in [-0.2, 0) is 18.4 Å². The molecule has 0 rings (SSSR count). The smallest absolute Gasteiger partial charge is 0.387 e. The molecule has 0 saturated carbocycles. The molecule has 0 fully saturated rings. The maximum Gasteiger partial charge on any atom is 0.472 e. The molecule has 0 aliphatic rings. The number of likely N-dealkylation sites (N-methyl/N-ethyl adjacent to an activating group) is 1. The average Bonchev–Trinajstić information content (AvgIpc) is 3.23. The number of nitrogens with one attached hydrogen (secondary N) is 1. The summed E-state index contributed by atoms with van der Waals surface area (Å²) in [7, 11) is 1.54. The molecule has 0 aromatic heterocycles. The fourth-order valence-corrected chi connectivity index (χ4v) is 7.16. The number of unbranched alkanes of at least 4 members (excludes halogenated alkanes) is 16. The van der Waals surface area contributed by atoms with Crippen molar-refractivity contribution in [3.05, 3.63) is 97.2 Å². The van der Waals surface area contributed by atoms with Gasteiger partial charge in [-0.05, 0) is 77.0 Å². The average molecular weight is 886 g/mol. The zero-order valence-electron chi connectivity index (χ0n) is 40.3. The van der Waals surface area contributed by atoms with Crippen molar-refractivity contribution in [1.82, 2.24) is 5.32 Å². The van der Waals surface area contributed by atoms with Crippen molar-refractivity contribution < 1.29 is 32.9 Å². The summed E-state index contributed by atoms with van der Waals surface area (Å²) in [5.74, 6) is -0.197. The lowest BCUT2D eigenvalue weighted by molar-refractivity contribution is -0.870. The van der Waals surface area contributed by atoms with Crippen LogP contribution in [0.3, 0.4) is 0 Å². The maximum absolute atomic E-state index is 12.8. The van der Waals surface area contributed by atoms with Gasteiger partial charge in [-0.15, -0.1) is 0 Å². The van der Waals surface area contributed by atoms with Crippen molar-refractivity contribution in [2.45, 2.75) is 193 Å². The zero-order chi connectivity index (χ0) is 45.7. The van der Waals surface area contributed by atoms with E-state index in [9.17, 15) is 19.4 Å². The van der Waals surface area contributed by atoms with E-state index in [1.54, 1.807) is 6.08 Å². The molecule has 3 unspecified atom stereocenters. The number of quaternary nitrogens is 1. The Balaban J connectivity index is 3.99. The van der Waals surface area contributed by atoms with Gasteiger partial charge in [-0.25, -0.2) is 4.57 Å². The highest BCUT2D eigenvalue weighted by molar-refractivity contribution is 7.47. The van der Waals surface area contributed by atoms with Gasteiger partial charge in [-0.3, -0.25) is 13.8 Å². The highest BCUT2D eigenvalue weighted by Crippen LogP contribution is 2.43. The number of phosphoric acid groups is 1. The summed E-state index contributed by atoms with van der Waals surface area (Å²) in [4.78, 5) is 23.0. The minimum Gasteiger partial charge on any atom is -0.387 e. The van der Waals surface area contributed by atoms with E-state index in [0.717, 1.165) is 83.5 Å². The second kappa shape index (κ2) is 43.7. The van der Waals surface area contributed by atoms with Crippen LogP contribution < -0.4 is 5.32 Å². The molecule has 0 aromatic rings. The molecule has 0 radical (unpaired) electrons. The summed E-state index contributed by atoms with van der Waals surface area (Å²) < 4.78 is 23.4. The van der Waals surface area contributed by atoms with E-state index in [0.29, 0.717) is 17.4 Å². The molecule has 3 N–H and O–H groups in total. The normalized spacial score (nSPS) is 15.0. The number of amides is 1. The van der Waals surface area contributed by atoms with E-state index in [1.807, 2.05) is 27.2 Å². The van der Waals surface area contributed by atoms with Gasteiger partial charge in [0.05, 0.1) is 39.9 Å². The van der Waals surface area contributed by atoms with Crippen LogP contribution in [-0.4, -0.2) is 73.4 Å². The Kier molecular flexibility index (Phi) is 41.8. The minimum absolute atomic E-state index is 0.0516. The molecule has 1 amide bonds. The number of hydrogen-bond donors (Lipinski definition) is 3. The van der Waals surface area contributed by atoms with Gasteiger partial charge in [0.25, 0.3) is 0 Å². The van der Waals surface area contributed by atoms with Crippen LogP contribution in [0.15, 0.2) is 97.2 Å². The number of phosphoric ester groups is 1. The van der Waals surface area contributed by atoms with Crippen LogP contribution in [0.2, 0.25) is 0 Å². The van der Waals surface area contributed by atoms with Crippen molar-refractivity contribution in [2.75, 3.05) is 40.9 Å². The van der Waals surface area contributed by atoms with Gasteiger partial charge in [0.1, 0.15) is 13.2 Å². The number of rotatable bonds is 43. The lowest BCUT2D eigenvalue weighted by Gasteiger charge is -2.25. The molecule has 9 heteroatoms. The number of carbonyl (C=O) groups is 1. The Morgan fingerprint density at radius 1 is 0.565 bits per heavy atom. The Hall–Kier alpha value is -2.58. The van der Waals surface area contributed by atoms with Crippen molar-refractivity contribution in [1.29, 1.82) is 0 Å². The molecule has 356 valence electrons. The number of allylic oxidation sites excluding steroid dienone is 15. The Labute approximate surface area is 381 Å². The Bertz CT molecular complexity index is 1330. The standard InChI is InChI=1S/C53H93N2O6P/c1-6-8-10-12-14-15-16-17-18-19-20-21-22-23-24-25-26-27-28-29-30-31-32-33-34-35-36-37-38-39-41-43-45-47-53(57)54-51(52(56)46-44-42-40-13-11-9-7-2)50-61-62(58,59)60-49-48-55(3,4)5/h8,10-11,13-15,17-18,20-21,23-24,26-27,44,46,51-52,56H,6-7,9,12,16,19,22,25,28-43,45,47-50H2,1-5H3,(H-,54,57,58,59)/p+1/b10-8-,13-11+,15-14-,18-17-,21-20-,24-23-,27-26-,46-44+. The summed E-state index contributed by atoms with van der Waals surface area (Å²) in [5, 5.41) is 13.7. The molecule has 0 aliphatic heterocycles. The van der Waals surface area contributed by atoms with Crippen LogP contribution in [0.1, 0.15) is 181 Å². The number of carbonyl (C=O) groups excluding carboxylic acids is 1. The van der Waals surface area contributed by atoms with Crippen LogP contribution in [0.5, 0.6) is 0 Å². The van der Waals surface area contributed by atoms with E-state index in [2.05, 4.69) is 104 Å². The van der Waals surface area contributed by atoms with Crippen LogP contribution >= 0.6 is 7.82 Å². The molecule has 0 heterocycles. The molecular weight excluding hydrogens is 792 g/mol. The zero-order valence-corrected chi connectivity index (χ0v) is 41.2. The van der Waals surface area contributed by atoms with E-state index in [4.69, 9.17) is 9.05 Å². The van der Waals surface area contributed by atoms with Crippen molar-refractivity contribution in [2.24, 2.45) is 0 Å². The van der Waals surface area contributed by atoms with Crippen LogP contribution in [0.25, 0.3) is 0 Å². The number of aliphatic hydroxyl groups excluding tert-OH is 1. The molecule has 0 saturated heterocycles. The van der Waals surface area contributed by atoms with Crippen LogP contribution in [0, 0.1) is 0 Å². The third-order valence-electron chi connectivity index (χ3n) is 10.3. The first kappa shape index (κ1) is 59.4. The lowest BCUT2D eigenvalue weighted by atomic mass is 10.0. The van der Waals surface area contributed by atoms with Gasteiger partial charge in [0.15, 0.2) is 0 Å². The van der Waals surface area contributed by atoms with Gasteiger partial charge < -0.3 is 19.8 Å². The van der Waals surface area contributed by atoms with Crippen molar-refractivity contribution in [3.63, 3.8) is 0 Å². The number of hydrogen-bond acceptors (Lipinski definition) is 5.